The van der Waals surface area contributed by atoms with Crippen molar-refractivity contribution < 1.29 is 0 Å². The Kier molecular flexibility index (Phi) is 3.63. The predicted octanol–water partition coefficient (Wildman–Crippen LogP) is 4.98. The highest BCUT2D eigenvalue weighted by atomic mass is 28.3. The molecule has 0 fully saturated rings. The van der Waals surface area contributed by atoms with E-state index in [2.05, 4.69) is 63.8 Å². The number of hydrogen-bond acceptors (Lipinski definition) is 0. The van der Waals surface area contributed by atoms with E-state index >= 15 is 0 Å². The molecule has 0 bridgehead atoms. The molecule has 96 valence electrons. The maximum atomic E-state index is 2.46. The third-order valence-electron chi connectivity index (χ3n) is 3.52. The summed E-state index contributed by atoms with van der Waals surface area (Å²) in [7, 11) is -1.12. The molecular weight excluding hydrogens is 232 g/mol. The van der Waals surface area contributed by atoms with Crippen molar-refractivity contribution in [2.75, 3.05) is 0 Å². The largest absolute Gasteiger partial charge is 0.0812 e. The fraction of sp³-hybridized carbons (Fsp3) is 0.412. The normalized spacial score (nSPS) is 15.6. The van der Waals surface area contributed by atoms with Gasteiger partial charge in [-0.05, 0) is 32.3 Å². The van der Waals surface area contributed by atoms with Gasteiger partial charge in [-0.25, -0.2) is 0 Å². The van der Waals surface area contributed by atoms with E-state index < -0.39 is 8.07 Å². The van der Waals surface area contributed by atoms with E-state index in [0.29, 0.717) is 0 Å². The molecule has 0 N–H and O–H groups in total. The molecule has 1 heteroatoms. The molecule has 1 aliphatic carbocycles. The van der Waals surface area contributed by atoms with Crippen LogP contribution in [0.25, 0.3) is 0 Å². The van der Waals surface area contributed by atoms with Gasteiger partial charge in [0.2, 0.25) is 0 Å². The Balaban J connectivity index is 2.13. The number of aryl methyl sites for hydroxylation is 2. The Bertz CT molecular complexity index is 493. The van der Waals surface area contributed by atoms with Gasteiger partial charge in [0.25, 0.3) is 0 Å². The van der Waals surface area contributed by atoms with Crippen LogP contribution in [-0.4, -0.2) is 8.07 Å². The smallest absolute Gasteiger partial charge is 0.0771 e. The van der Waals surface area contributed by atoms with Gasteiger partial charge in [0.1, 0.15) is 0 Å². The first kappa shape index (κ1) is 13.4. The summed E-state index contributed by atoms with van der Waals surface area (Å²) >= 11 is 0. The molecule has 0 aliphatic heterocycles. The zero-order valence-corrected chi connectivity index (χ0v) is 13.3. The average Bonchev–Trinajstić information content (AvgIpc) is 2.63. The molecule has 0 nitrogen and oxygen atoms in total. The summed E-state index contributed by atoms with van der Waals surface area (Å²) in [5, 5.41) is 1.63. The number of benzene rings is 1. The highest BCUT2D eigenvalue weighted by molar-refractivity contribution is 6.83. The second kappa shape index (κ2) is 4.89. The molecule has 0 unspecified atom stereocenters. The van der Waals surface area contributed by atoms with Crippen LogP contribution in [0.1, 0.15) is 23.1 Å². The molecule has 0 saturated heterocycles. The SMILES string of the molecule is Cc1cc(C)cc(CC2=CC([Si](C)(C)C)=CC2)c1. The molecule has 0 saturated carbocycles. The Morgan fingerprint density at radius 3 is 2.11 bits per heavy atom. The Labute approximate surface area is 112 Å². The van der Waals surface area contributed by atoms with Crippen LogP contribution < -0.4 is 0 Å². The fourth-order valence-corrected chi connectivity index (χ4v) is 4.01. The highest BCUT2D eigenvalue weighted by Crippen LogP contribution is 2.28. The summed E-state index contributed by atoms with van der Waals surface area (Å²) in [5.41, 5.74) is 5.80. The van der Waals surface area contributed by atoms with Crippen LogP contribution in [0.2, 0.25) is 19.6 Å². The lowest BCUT2D eigenvalue weighted by molar-refractivity contribution is 1.08. The second-order valence-corrected chi connectivity index (χ2v) is 11.7. The van der Waals surface area contributed by atoms with Crippen molar-refractivity contribution in [3.8, 4) is 0 Å². The van der Waals surface area contributed by atoms with Crippen molar-refractivity contribution in [1.29, 1.82) is 0 Å². The van der Waals surface area contributed by atoms with Gasteiger partial charge in [-0.2, -0.15) is 0 Å². The number of hydrogen-bond donors (Lipinski definition) is 0. The highest BCUT2D eigenvalue weighted by Gasteiger charge is 2.21. The number of allylic oxidation sites excluding steroid dienone is 4. The third kappa shape index (κ3) is 3.23. The van der Waals surface area contributed by atoms with Crippen molar-refractivity contribution >= 4 is 8.07 Å². The zero-order chi connectivity index (χ0) is 13.3. The van der Waals surface area contributed by atoms with Crippen molar-refractivity contribution in [1.82, 2.24) is 0 Å². The van der Waals surface area contributed by atoms with Gasteiger partial charge in [-0.1, -0.05) is 71.9 Å². The van der Waals surface area contributed by atoms with Gasteiger partial charge in [0.15, 0.2) is 0 Å². The van der Waals surface area contributed by atoms with Gasteiger partial charge in [0, 0.05) is 0 Å². The second-order valence-electron chi connectivity index (χ2n) is 6.59. The Morgan fingerprint density at radius 1 is 1.00 bits per heavy atom. The summed E-state index contributed by atoms with van der Waals surface area (Å²) in [6.45, 7) is 11.6. The van der Waals surface area contributed by atoms with Gasteiger partial charge in [0.05, 0.1) is 8.07 Å². The Morgan fingerprint density at radius 2 is 1.61 bits per heavy atom. The molecule has 0 aromatic heterocycles. The molecule has 1 aromatic rings. The first-order chi connectivity index (χ1) is 8.34. The molecule has 1 aliphatic rings. The zero-order valence-electron chi connectivity index (χ0n) is 12.3. The number of rotatable bonds is 3. The summed E-state index contributed by atoms with van der Waals surface area (Å²) in [6.07, 6.45) is 7.19. The molecule has 1 aromatic carbocycles. The molecular formula is C17H24Si. The van der Waals surface area contributed by atoms with Gasteiger partial charge in [-0.15, -0.1) is 0 Å². The first-order valence-electron chi connectivity index (χ1n) is 6.82. The van der Waals surface area contributed by atoms with Crippen LogP contribution in [0.4, 0.5) is 0 Å². The molecule has 0 spiro atoms. The Hall–Kier alpha value is -1.08. The van der Waals surface area contributed by atoms with Crippen molar-refractivity contribution in [3.63, 3.8) is 0 Å². The van der Waals surface area contributed by atoms with Crippen molar-refractivity contribution in [2.24, 2.45) is 0 Å². The van der Waals surface area contributed by atoms with Gasteiger partial charge < -0.3 is 0 Å². The quantitative estimate of drug-likeness (QED) is 0.669. The van der Waals surface area contributed by atoms with Crippen LogP contribution in [0, 0.1) is 13.8 Å². The minimum absolute atomic E-state index is 1.12. The summed E-state index contributed by atoms with van der Waals surface area (Å²) in [4.78, 5) is 0. The topological polar surface area (TPSA) is 0 Å². The van der Waals surface area contributed by atoms with E-state index in [4.69, 9.17) is 0 Å². The minimum Gasteiger partial charge on any atom is -0.0812 e. The van der Waals surface area contributed by atoms with Crippen LogP contribution in [0.5, 0.6) is 0 Å². The van der Waals surface area contributed by atoms with Crippen molar-refractivity contribution in [2.45, 2.75) is 46.3 Å². The summed E-state index contributed by atoms with van der Waals surface area (Å²) in [6, 6.07) is 6.89. The van der Waals surface area contributed by atoms with E-state index in [0.717, 1.165) is 12.8 Å². The standard InChI is InChI=1S/C17H24Si/c1-13-8-14(2)10-16(9-13)11-15-6-7-17(12-15)18(3,4)5/h7-10,12H,6,11H2,1-5H3. The maximum absolute atomic E-state index is 2.46. The molecule has 2 rings (SSSR count). The van der Waals surface area contributed by atoms with E-state index in [-0.39, 0.29) is 0 Å². The van der Waals surface area contributed by atoms with E-state index in [1.807, 2.05) is 0 Å². The van der Waals surface area contributed by atoms with E-state index in [9.17, 15) is 0 Å². The van der Waals surface area contributed by atoms with E-state index in [1.54, 1.807) is 10.8 Å². The third-order valence-corrected chi connectivity index (χ3v) is 5.60. The van der Waals surface area contributed by atoms with E-state index in [1.165, 1.54) is 16.7 Å². The monoisotopic (exact) mass is 256 g/mol. The van der Waals surface area contributed by atoms with Crippen molar-refractivity contribution in [3.05, 3.63) is 57.8 Å². The molecule has 0 heterocycles. The van der Waals surface area contributed by atoms with Gasteiger partial charge in [-0.3, -0.25) is 0 Å². The molecule has 18 heavy (non-hydrogen) atoms. The summed E-state index contributed by atoms with van der Waals surface area (Å²) in [5.74, 6) is 0. The first-order valence-corrected chi connectivity index (χ1v) is 10.3. The predicted molar refractivity (Wildman–Crippen MR) is 83.7 cm³/mol. The minimum atomic E-state index is -1.12. The lowest BCUT2D eigenvalue weighted by atomic mass is 10.0. The van der Waals surface area contributed by atoms with Crippen LogP contribution >= 0.6 is 0 Å². The van der Waals surface area contributed by atoms with Crippen LogP contribution in [0.15, 0.2) is 41.1 Å². The average molecular weight is 256 g/mol. The van der Waals surface area contributed by atoms with Gasteiger partial charge >= 0.3 is 0 Å². The molecule has 0 amide bonds. The molecule has 0 atom stereocenters. The van der Waals surface area contributed by atoms with Crippen LogP contribution in [-0.2, 0) is 6.42 Å². The fourth-order valence-electron chi connectivity index (χ4n) is 2.66. The molecule has 0 radical (unpaired) electrons. The lowest BCUT2D eigenvalue weighted by Crippen LogP contribution is -2.21. The lowest BCUT2D eigenvalue weighted by Gasteiger charge is -2.15. The maximum Gasteiger partial charge on any atom is 0.0771 e. The summed E-state index contributed by atoms with van der Waals surface area (Å²) < 4.78 is 0. The van der Waals surface area contributed by atoms with Crippen LogP contribution in [0.3, 0.4) is 0 Å².